The van der Waals surface area contributed by atoms with Crippen molar-refractivity contribution in [2.75, 3.05) is 7.11 Å². The standard InChI is InChI=1S/C21H24N4O4S/c1-16(24-30(27,28)20-9-7-19(29-2)8-10-20)21(26)22-14-17-5-3-6-18(13-17)15-25-12-4-11-23-25/h3-13,16,24H,14-15H2,1-2H3,(H,22,26)/t16-/m0/s1. The Bertz CT molecular complexity index is 1080. The second kappa shape index (κ2) is 9.55. The van der Waals surface area contributed by atoms with Gasteiger partial charge in [-0.25, -0.2) is 8.42 Å². The molecule has 8 nitrogen and oxygen atoms in total. The fraction of sp³-hybridized carbons (Fsp3) is 0.238. The molecule has 2 aromatic carbocycles. The first-order valence-corrected chi connectivity index (χ1v) is 10.8. The van der Waals surface area contributed by atoms with E-state index in [1.807, 2.05) is 41.2 Å². The van der Waals surface area contributed by atoms with Gasteiger partial charge in [-0.05, 0) is 48.4 Å². The van der Waals surface area contributed by atoms with E-state index in [0.29, 0.717) is 18.8 Å². The van der Waals surface area contributed by atoms with Crippen LogP contribution in [0.15, 0.2) is 71.9 Å². The van der Waals surface area contributed by atoms with Gasteiger partial charge in [-0.15, -0.1) is 0 Å². The summed E-state index contributed by atoms with van der Waals surface area (Å²) in [5.74, 6) is 0.138. The summed E-state index contributed by atoms with van der Waals surface area (Å²) < 4.78 is 34.2. The molecule has 0 unspecified atom stereocenters. The second-order valence-electron chi connectivity index (χ2n) is 6.76. The van der Waals surface area contributed by atoms with E-state index in [0.717, 1.165) is 11.1 Å². The van der Waals surface area contributed by atoms with Crippen LogP contribution < -0.4 is 14.8 Å². The average molecular weight is 429 g/mol. The molecule has 2 N–H and O–H groups in total. The number of amides is 1. The van der Waals surface area contributed by atoms with Gasteiger partial charge in [0.15, 0.2) is 0 Å². The van der Waals surface area contributed by atoms with Crippen molar-refractivity contribution in [2.45, 2.75) is 31.0 Å². The van der Waals surface area contributed by atoms with Crippen molar-refractivity contribution in [1.82, 2.24) is 19.8 Å². The molecular weight excluding hydrogens is 404 g/mol. The van der Waals surface area contributed by atoms with E-state index in [9.17, 15) is 13.2 Å². The van der Waals surface area contributed by atoms with E-state index in [1.165, 1.54) is 26.2 Å². The number of hydrogen-bond donors (Lipinski definition) is 2. The number of methoxy groups -OCH3 is 1. The van der Waals surface area contributed by atoms with Crippen molar-refractivity contribution in [3.63, 3.8) is 0 Å². The fourth-order valence-electron chi connectivity index (χ4n) is 2.87. The van der Waals surface area contributed by atoms with Gasteiger partial charge in [0.25, 0.3) is 0 Å². The molecule has 0 spiro atoms. The van der Waals surface area contributed by atoms with Crippen LogP contribution in [0.2, 0.25) is 0 Å². The van der Waals surface area contributed by atoms with E-state index in [1.54, 1.807) is 18.3 Å². The summed E-state index contributed by atoms with van der Waals surface area (Å²) >= 11 is 0. The normalized spacial score (nSPS) is 12.3. The number of nitrogens with one attached hydrogen (secondary N) is 2. The Balaban J connectivity index is 1.56. The number of carbonyl (C=O) groups excluding carboxylic acids is 1. The number of benzene rings is 2. The fourth-order valence-corrected chi connectivity index (χ4v) is 4.07. The Morgan fingerprint density at radius 3 is 2.53 bits per heavy atom. The molecule has 1 atom stereocenters. The quantitative estimate of drug-likeness (QED) is 0.542. The predicted octanol–water partition coefficient (Wildman–Crippen LogP) is 1.92. The highest BCUT2D eigenvalue weighted by molar-refractivity contribution is 7.89. The topological polar surface area (TPSA) is 102 Å². The minimum Gasteiger partial charge on any atom is -0.497 e. The Kier molecular flexibility index (Phi) is 6.86. The third-order valence-corrected chi connectivity index (χ3v) is 6.01. The lowest BCUT2D eigenvalue weighted by Crippen LogP contribution is -2.44. The number of sulfonamides is 1. The van der Waals surface area contributed by atoms with Crippen LogP contribution in [0.4, 0.5) is 0 Å². The van der Waals surface area contributed by atoms with Gasteiger partial charge in [-0.2, -0.15) is 9.82 Å². The molecule has 0 saturated carbocycles. The van der Waals surface area contributed by atoms with Crippen molar-refractivity contribution in [3.05, 3.63) is 78.1 Å². The van der Waals surface area contributed by atoms with E-state index < -0.39 is 22.0 Å². The minimum atomic E-state index is -3.82. The van der Waals surface area contributed by atoms with Gasteiger partial charge in [0, 0.05) is 18.9 Å². The van der Waals surface area contributed by atoms with Crippen molar-refractivity contribution in [3.8, 4) is 5.75 Å². The van der Waals surface area contributed by atoms with Gasteiger partial charge < -0.3 is 10.1 Å². The summed E-state index contributed by atoms with van der Waals surface area (Å²) in [6.07, 6.45) is 3.60. The summed E-state index contributed by atoms with van der Waals surface area (Å²) in [6, 6.07) is 14.7. The maximum atomic E-state index is 12.5. The number of aromatic nitrogens is 2. The van der Waals surface area contributed by atoms with Crippen LogP contribution in [0.25, 0.3) is 0 Å². The molecule has 1 heterocycles. The molecule has 1 amide bonds. The van der Waals surface area contributed by atoms with Crippen LogP contribution in [-0.4, -0.2) is 37.3 Å². The zero-order valence-corrected chi connectivity index (χ0v) is 17.6. The van der Waals surface area contributed by atoms with Crippen molar-refractivity contribution in [1.29, 1.82) is 0 Å². The van der Waals surface area contributed by atoms with E-state index in [2.05, 4.69) is 15.1 Å². The first kappa shape index (κ1) is 21.5. The molecule has 0 fully saturated rings. The first-order chi connectivity index (χ1) is 14.4. The molecule has 0 aliphatic heterocycles. The molecule has 3 rings (SSSR count). The van der Waals surface area contributed by atoms with Crippen LogP contribution >= 0.6 is 0 Å². The van der Waals surface area contributed by atoms with Gasteiger partial charge in [0.1, 0.15) is 5.75 Å². The van der Waals surface area contributed by atoms with Crippen LogP contribution in [-0.2, 0) is 27.9 Å². The second-order valence-corrected chi connectivity index (χ2v) is 8.47. The maximum absolute atomic E-state index is 12.5. The lowest BCUT2D eigenvalue weighted by atomic mass is 10.1. The summed E-state index contributed by atoms with van der Waals surface area (Å²) in [7, 11) is -2.32. The summed E-state index contributed by atoms with van der Waals surface area (Å²) in [5, 5.41) is 6.95. The van der Waals surface area contributed by atoms with Crippen LogP contribution in [0.5, 0.6) is 5.75 Å². The van der Waals surface area contributed by atoms with Gasteiger partial charge in [0.2, 0.25) is 15.9 Å². The van der Waals surface area contributed by atoms with Crippen LogP contribution in [0.1, 0.15) is 18.1 Å². The lowest BCUT2D eigenvalue weighted by molar-refractivity contribution is -0.122. The zero-order chi connectivity index (χ0) is 21.6. The van der Waals surface area contributed by atoms with Gasteiger partial charge in [-0.3, -0.25) is 9.48 Å². The summed E-state index contributed by atoms with van der Waals surface area (Å²) in [4.78, 5) is 12.5. The number of carbonyl (C=O) groups is 1. The molecule has 158 valence electrons. The third kappa shape index (κ3) is 5.68. The van der Waals surface area contributed by atoms with Crippen molar-refractivity contribution in [2.24, 2.45) is 0 Å². The Hall–Kier alpha value is -3.17. The summed E-state index contributed by atoms with van der Waals surface area (Å²) in [5.41, 5.74) is 1.97. The molecular formula is C21H24N4O4S. The number of hydrogen-bond acceptors (Lipinski definition) is 5. The Morgan fingerprint density at radius 1 is 1.13 bits per heavy atom. The molecule has 0 saturated heterocycles. The molecule has 0 aliphatic rings. The minimum absolute atomic E-state index is 0.0641. The van der Waals surface area contributed by atoms with E-state index in [4.69, 9.17) is 4.74 Å². The highest BCUT2D eigenvalue weighted by Crippen LogP contribution is 2.15. The number of rotatable bonds is 9. The van der Waals surface area contributed by atoms with Gasteiger partial charge in [-0.1, -0.05) is 24.3 Å². The average Bonchev–Trinajstić information content (AvgIpc) is 3.25. The maximum Gasteiger partial charge on any atom is 0.241 e. The highest BCUT2D eigenvalue weighted by atomic mass is 32.2. The molecule has 9 heteroatoms. The molecule has 0 bridgehead atoms. The van der Waals surface area contributed by atoms with Crippen LogP contribution in [0, 0.1) is 0 Å². The smallest absolute Gasteiger partial charge is 0.241 e. The monoisotopic (exact) mass is 428 g/mol. The number of ether oxygens (including phenoxy) is 1. The van der Waals surface area contributed by atoms with E-state index >= 15 is 0 Å². The molecule has 3 aromatic rings. The van der Waals surface area contributed by atoms with Crippen LogP contribution in [0.3, 0.4) is 0 Å². The molecule has 0 aliphatic carbocycles. The highest BCUT2D eigenvalue weighted by Gasteiger charge is 2.22. The lowest BCUT2D eigenvalue weighted by Gasteiger charge is -2.15. The first-order valence-electron chi connectivity index (χ1n) is 9.37. The molecule has 1 aromatic heterocycles. The Labute approximate surface area is 175 Å². The Morgan fingerprint density at radius 2 is 1.87 bits per heavy atom. The number of nitrogens with zero attached hydrogens (tertiary/aromatic N) is 2. The van der Waals surface area contributed by atoms with E-state index in [-0.39, 0.29) is 4.90 Å². The zero-order valence-electron chi connectivity index (χ0n) is 16.8. The summed E-state index contributed by atoms with van der Waals surface area (Å²) in [6.45, 7) is 2.43. The van der Waals surface area contributed by atoms with Crippen molar-refractivity contribution < 1.29 is 17.9 Å². The van der Waals surface area contributed by atoms with Gasteiger partial charge in [0.05, 0.1) is 24.6 Å². The molecule has 30 heavy (non-hydrogen) atoms. The third-order valence-electron chi connectivity index (χ3n) is 4.46. The van der Waals surface area contributed by atoms with Gasteiger partial charge >= 0.3 is 0 Å². The largest absolute Gasteiger partial charge is 0.497 e. The molecule has 0 radical (unpaired) electrons. The SMILES string of the molecule is COc1ccc(S(=O)(=O)N[C@@H](C)C(=O)NCc2cccc(Cn3cccn3)c2)cc1. The predicted molar refractivity (Wildman–Crippen MR) is 112 cm³/mol. The van der Waals surface area contributed by atoms with Crippen molar-refractivity contribution >= 4 is 15.9 Å².